The van der Waals surface area contributed by atoms with Crippen molar-refractivity contribution >= 4 is 11.6 Å². The van der Waals surface area contributed by atoms with Gasteiger partial charge in [0, 0.05) is 18.4 Å². The summed E-state index contributed by atoms with van der Waals surface area (Å²) in [7, 11) is 0. The van der Waals surface area contributed by atoms with Gasteiger partial charge in [0.2, 0.25) is 0 Å². The molecule has 0 amide bonds. The number of rotatable bonds is 5. The number of para-hydroxylation sites is 1. The number of aliphatic imine (C=N–C) groups is 1. The highest BCUT2D eigenvalue weighted by Crippen LogP contribution is 2.24. The van der Waals surface area contributed by atoms with E-state index >= 15 is 0 Å². The fourth-order valence-corrected chi connectivity index (χ4v) is 3.35. The standard InChI is InChI=1S/C21H23N5/c22-21(25-19-10-9-17-5-4-6-18(17)13-19)23-12-11-16-14-24-26(15-16)20-7-2-1-3-8-20/h1-3,7-10,13-15H,4-6,11-12H2,(H3,22,23,25). The molecule has 0 radical (unpaired) electrons. The van der Waals surface area contributed by atoms with Gasteiger partial charge in [-0.3, -0.25) is 4.99 Å². The number of fused-ring (bicyclic) bond motifs is 1. The van der Waals surface area contributed by atoms with Crippen molar-refractivity contribution in [2.75, 3.05) is 11.9 Å². The van der Waals surface area contributed by atoms with E-state index < -0.39 is 0 Å². The lowest BCUT2D eigenvalue weighted by molar-refractivity contribution is 0.879. The van der Waals surface area contributed by atoms with Gasteiger partial charge in [0.15, 0.2) is 5.96 Å². The van der Waals surface area contributed by atoms with E-state index in [4.69, 9.17) is 5.73 Å². The lowest BCUT2D eigenvalue weighted by Crippen LogP contribution is -2.23. The van der Waals surface area contributed by atoms with E-state index in [9.17, 15) is 0 Å². The van der Waals surface area contributed by atoms with Crippen molar-refractivity contribution in [2.45, 2.75) is 25.7 Å². The van der Waals surface area contributed by atoms with Crippen LogP contribution in [0.15, 0.2) is 65.9 Å². The molecule has 0 aliphatic heterocycles. The van der Waals surface area contributed by atoms with Gasteiger partial charge < -0.3 is 11.1 Å². The van der Waals surface area contributed by atoms with Crippen LogP contribution in [-0.2, 0) is 19.3 Å². The Morgan fingerprint density at radius 1 is 1.12 bits per heavy atom. The first-order valence-corrected chi connectivity index (χ1v) is 9.06. The minimum Gasteiger partial charge on any atom is -0.370 e. The van der Waals surface area contributed by atoms with Gasteiger partial charge in [0.25, 0.3) is 0 Å². The number of guanidine groups is 1. The van der Waals surface area contributed by atoms with E-state index in [2.05, 4.69) is 33.6 Å². The Kier molecular flexibility index (Phi) is 4.69. The van der Waals surface area contributed by atoms with Crippen LogP contribution in [0.25, 0.3) is 5.69 Å². The summed E-state index contributed by atoms with van der Waals surface area (Å²) in [6.45, 7) is 0.629. The minimum atomic E-state index is 0.457. The Morgan fingerprint density at radius 3 is 2.85 bits per heavy atom. The van der Waals surface area contributed by atoms with Crippen LogP contribution in [-0.4, -0.2) is 22.3 Å². The largest absolute Gasteiger partial charge is 0.370 e. The number of nitrogens with two attached hydrogens (primary N) is 1. The molecule has 0 unspecified atom stereocenters. The summed E-state index contributed by atoms with van der Waals surface area (Å²) < 4.78 is 1.88. The fourth-order valence-electron chi connectivity index (χ4n) is 3.35. The molecule has 0 fully saturated rings. The molecule has 0 saturated carbocycles. The Balaban J connectivity index is 1.33. The molecule has 3 aromatic rings. The van der Waals surface area contributed by atoms with Crippen molar-refractivity contribution in [1.82, 2.24) is 9.78 Å². The molecule has 132 valence electrons. The first kappa shape index (κ1) is 16.4. The third-order valence-electron chi connectivity index (χ3n) is 4.71. The molecule has 1 aliphatic rings. The average Bonchev–Trinajstić information content (AvgIpc) is 3.31. The lowest BCUT2D eigenvalue weighted by atomic mass is 10.1. The summed E-state index contributed by atoms with van der Waals surface area (Å²) in [5.74, 6) is 0.457. The monoisotopic (exact) mass is 345 g/mol. The molecule has 0 saturated heterocycles. The molecular formula is C21H23N5. The summed E-state index contributed by atoms with van der Waals surface area (Å²) in [5.41, 5.74) is 12.1. The van der Waals surface area contributed by atoms with Crippen LogP contribution in [0.2, 0.25) is 0 Å². The SMILES string of the molecule is NC(=NCCc1cnn(-c2ccccc2)c1)Nc1ccc2c(c1)CCC2. The Hall–Kier alpha value is -3.08. The zero-order chi connectivity index (χ0) is 17.8. The molecule has 3 N–H and O–H groups in total. The molecule has 1 heterocycles. The number of nitrogens with zero attached hydrogens (tertiary/aromatic N) is 3. The quantitative estimate of drug-likeness (QED) is 0.550. The van der Waals surface area contributed by atoms with Crippen molar-refractivity contribution < 1.29 is 0 Å². The number of nitrogens with one attached hydrogen (secondary N) is 1. The van der Waals surface area contributed by atoms with E-state index in [0.29, 0.717) is 12.5 Å². The van der Waals surface area contributed by atoms with Crippen molar-refractivity contribution in [2.24, 2.45) is 10.7 Å². The summed E-state index contributed by atoms with van der Waals surface area (Å²) in [4.78, 5) is 4.44. The number of hydrogen-bond donors (Lipinski definition) is 2. The molecule has 4 rings (SSSR count). The van der Waals surface area contributed by atoms with E-state index in [1.807, 2.05) is 47.4 Å². The van der Waals surface area contributed by atoms with Crippen molar-refractivity contribution in [3.05, 3.63) is 77.6 Å². The van der Waals surface area contributed by atoms with Gasteiger partial charge in [-0.2, -0.15) is 5.10 Å². The van der Waals surface area contributed by atoms with Crippen LogP contribution in [0.4, 0.5) is 5.69 Å². The molecule has 1 aliphatic carbocycles. The van der Waals surface area contributed by atoms with Crippen LogP contribution in [0.5, 0.6) is 0 Å². The maximum Gasteiger partial charge on any atom is 0.193 e. The molecule has 0 spiro atoms. The van der Waals surface area contributed by atoms with Gasteiger partial charge in [-0.1, -0.05) is 24.3 Å². The number of hydrogen-bond acceptors (Lipinski definition) is 2. The molecule has 5 nitrogen and oxygen atoms in total. The predicted molar refractivity (Wildman–Crippen MR) is 106 cm³/mol. The lowest BCUT2D eigenvalue weighted by Gasteiger charge is -2.07. The smallest absolute Gasteiger partial charge is 0.193 e. The summed E-state index contributed by atoms with van der Waals surface area (Å²) >= 11 is 0. The van der Waals surface area contributed by atoms with Crippen molar-refractivity contribution in [3.8, 4) is 5.69 Å². The molecule has 0 bridgehead atoms. The van der Waals surface area contributed by atoms with Gasteiger partial charge >= 0.3 is 0 Å². The molecule has 5 heteroatoms. The minimum absolute atomic E-state index is 0.457. The van der Waals surface area contributed by atoms with Crippen molar-refractivity contribution in [3.63, 3.8) is 0 Å². The summed E-state index contributed by atoms with van der Waals surface area (Å²) in [5, 5.41) is 7.60. The number of aryl methyl sites for hydroxylation is 2. The van der Waals surface area contributed by atoms with Gasteiger partial charge in [-0.25, -0.2) is 4.68 Å². The highest BCUT2D eigenvalue weighted by atomic mass is 15.3. The predicted octanol–water partition coefficient (Wildman–Crippen LogP) is 3.33. The van der Waals surface area contributed by atoms with E-state index in [-0.39, 0.29) is 0 Å². The van der Waals surface area contributed by atoms with E-state index in [0.717, 1.165) is 29.8 Å². The van der Waals surface area contributed by atoms with Gasteiger partial charge in [-0.15, -0.1) is 0 Å². The van der Waals surface area contributed by atoms with Gasteiger partial charge in [-0.05, 0) is 66.6 Å². The molecule has 2 aromatic carbocycles. The zero-order valence-electron chi connectivity index (χ0n) is 14.7. The Labute approximate surface area is 153 Å². The van der Waals surface area contributed by atoms with Crippen LogP contribution in [0, 0.1) is 0 Å². The first-order chi connectivity index (χ1) is 12.8. The highest BCUT2D eigenvalue weighted by Gasteiger charge is 2.10. The summed E-state index contributed by atoms with van der Waals surface area (Å²) in [6, 6.07) is 16.5. The highest BCUT2D eigenvalue weighted by molar-refractivity contribution is 5.92. The van der Waals surface area contributed by atoms with E-state index in [1.54, 1.807) is 0 Å². The average molecular weight is 345 g/mol. The van der Waals surface area contributed by atoms with Crippen molar-refractivity contribution in [1.29, 1.82) is 0 Å². The third kappa shape index (κ3) is 3.77. The normalized spacial score (nSPS) is 13.6. The fraction of sp³-hybridized carbons (Fsp3) is 0.238. The molecular weight excluding hydrogens is 322 g/mol. The Bertz CT molecular complexity index is 911. The second-order valence-corrected chi connectivity index (χ2v) is 6.61. The maximum atomic E-state index is 6.03. The van der Waals surface area contributed by atoms with E-state index in [1.165, 1.54) is 24.0 Å². The number of aromatic nitrogens is 2. The second-order valence-electron chi connectivity index (χ2n) is 6.61. The van der Waals surface area contributed by atoms with Gasteiger partial charge in [0.05, 0.1) is 11.9 Å². The maximum absolute atomic E-state index is 6.03. The zero-order valence-corrected chi connectivity index (χ0v) is 14.7. The summed E-state index contributed by atoms with van der Waals surface area (Å²) in [6.07, 6.45) is 8.32. The van der Waals surface area contributed by atoms with Crippen LogP contribution < -0.4 is 11.1 Å². The Morgan fingerprint density at radius 2 is 1.96 bits per heavy atom. The molecule has 1 aromatic heterocycles. The van der Waals surface area contributed by atoms with Crippen LogP contribution >= 0.6 is 0 Å². The van der Waals surface area contributed by atoms with Crippen LogP contribution in [0.3, 0.4) is 0 Å². The molecule has 0 atom stereocenters. The van der Waals surface area contributed by atoms with Crippen LogP contribution in [0.1, 0.15) is 23.1 Å². The topological polar surface area (TPSA) is 68.2 Å². The number of anilines is 1. The number of benzene rings is 2. The van der Waals surface area contributed by atoms with Gasteiger partial charge in [0.1, 0.15) is 0 Å². The second kappa shape index (κ2) is 7.44. The third-order valence-corrected chi connectivity index (χ3v) is 4.71. The molecule has 26 heavy (non-hydrogen) atoms. The first-order valence-electron chi connectivity index (χ1n) is 9.06.